The Hall–Kier alpha value is -2.78. The molecule has 1 atom stereocenters. The molecule has 2 aliphatic rings. The van der Waals surface area contributed by atoms with Crippen molar-refractivity contribution in [2.45, 2.75) is 70.8 Å². The van der Waals surface area contributed by atoms with E-state index < -0.39 is 17.5 Å². The quantitative estimate of drug-likeness (QED) is 0.339. The van der Waals surface area contributed by atoms with E-state index in [2.05, 4.69) is 20.6 Å². The molecule has 2 fully saturated rings. The smallest absolute Gasteiger partial charge is 0.315 e. The van der Waals surface area contributed by atoms with E-state index in [9.17, 15) is 14.4 Å². The zero-order valence-electron chi connectivity index (χ0n) is 23.0. The summed E-state index contributed by atoms with van der Waals surface area (Å²) in [5.74, 6) is -0.0339. The van der Waals surface area contributed by atoms with Gasteiger partial charge in [0.1, 0.15) is 6.04 Å². The first-order chi connectivity index (χ1) is 19.3. The van der Waals surface area contributed by atoms with Gasteiger partial charge in [-0.3, -0.25) is 9.59 Å². The van der Waals surface area contributed by atoms with Gasteiger partial charge in [-0.15, -0.1) is 0 Å². The number of ether oxygens (including phenoxy) is 1. The molecule has 0 unspecified atom stereocenters. The Balaban J connectivity index is 1.44. The van der Waals surface area contributed by atoms with Gasteiger partial charge in [-0.2, -0.15) is 0 Å². The number of likely N-dealkylation sites (tertiary alicyclic amines) is 1. The molecular weight excluding hydrogens is 553 g/mol. The Labute approximate surface area is 245 Å². The number of halogens is 2. The van der Waals surface area contributed by atoms with Crippen molar-refractivity contribution < 1.29 is 19.1 Å². The lowest BCUT2D eigenvalue weighted by Gasteiger charge is -2.46. The summed E-state index contributed by atoms with van der Waals surface area (Å²) >= 11 is 12.3. The summed E-state index contributed by atoms with van der Waals surface area (Å²) in [4.78, 5) is 48.7. The van der Waals surface area contributed by atoms with Gasteiger partial charge in [-0.05, 0) is 56.2 Å². The zero-order valence-corrected chi connectivity index (χ0v) is 24.5. The highest BCUT2D eigenvalue weighted by atomic mass is 35.5. The van der Waals surface area contributed by atoms with Crippen LogP contribution in [0.5, 0.6) is 0 Å². The fraction of sp³-hybridized carbons (Fsp3) is 0.586. The van der Waals surface area contributed by atoms with E-state index in [0.29, 0.717) is 55.5 Å². The molecule has 3 N–H and O–H groups in total. The summed E-state index contributed by atoms with van der Waals surface area (Å²) in [6.07, 6.45) is 10.8. The molecule has 1 saturated carbocycles. The molecule has 1 aliphatic heterocycles. The van der Waals surface area contributed by atoms with E-state index in [4.69, 9.17) is 27.9 Å². The van der Waals surface area contributed by atoms with Gasteiger partial charge >= 0.3 is 12.0 Å². The molecular formula is C29H39Cl2N5O4. The first-order valence-electron chi connectivity index (χ1n) is 14.2. The molecule has 40 heavy (non-hydrogen) atoms. The number of aromatic amines is 1. The van der Waals surface area contributed by atoms with Crippen LogP contribution < -0.4 is 10.6 Å². The van der Waals surface area contributed by atoms with E-state index in [0.717, 1.165) is 36.9 Å². The number of piperidine rings is 1. The summed E-state index contributed by atoms with van der Waals surface area (Å²) < 4.78 is 5.56. The summed E-state index contributed by atoms with van der Waals surface area (Å²) in [5, 5.41) is 6.49. The first-order valence-corrected chi connectivity index (χ1v) is 15.0. The number of rotatable bonds is 10. The standard InChI is InChI=1S/C29H39Cl2N5O4/c1-2-40-27(38)29(21-6-4-3-5-7-21)11-14-36(15-12-29)26(37)25(17-20-8-9-23(30)24(31)16-20)35-28(39)33-13-10-22-18-32-19-34-22/h8-9,16,18-19,21,25H,2-7,10-15,17H2,1H3,(H,32,34)(H2,33,35,39)/t25-/m1/s1. The monoisotopic (exact) mass is 591 g/mol. The normalized spacial score (nSPS) is 18.1. The van der Waals surface area contributed by atoms with Gasteiger partial charge in [0.15, 0.2) is 0 Å². The summed E-state index contributed by atoms with van der Waals surface area (Å²) in [5.41, 5.74) is 1.06. The highest BCUT2D eigenvalue weighted by Gasteiger charge is 2.49. The maximum Gasteiger partial charge on any atom is 0.315 e. The van der Waals surface area contributed by atoms with Crippen LogP contribution in [0.3, 0.4) is 0 Å². The molecule has 3 amide bonds. The van der Waals surface area contributed by atoms with E-state index >= 15 is 0 Å². The van der Waals surface area contributed by atoms with Gasteiger partial charge in [0.25, 0.3) is 0 Å². The molecule has 1 saturated heterocycles. The summed E-state index contributed by atoms with van der Waals surface area (Å²) in [6, 6.07) is 3.95. The van der Waals surface area contributed by atoms with Crippen molar-refractivity contribution in [2.75, 3.05) is 26.2 Å². The molecule has 0 radical (unpaired) electrons. The van der Waals surface area contributed by atoms with Crippen molar-refractivity contribution >= 4 is 41.1 Å². The predicted molar refractivity (Wildman–Crippen MR) is 154 cm³/mol. The number of aromatic nitrogens is 2. The second kappa shape index (κ2) is 14.2. The van der Waals surface area contributed by atoms with Crippen LogP contribution in [0.1, 0.15) is 63.1 Å². The Morgan fingerprint density at radius 2 is 1.90 bits per heavy atom. The van der Waals surface area contributed by atoms with Gasteiger partial charge < -0.3 is 25.3 Å². The van der Waals surface area contributed by atoms with Crippen LogP contribution in [-0.2, 0) is 27.2 Å². The van der Waals surface area contributed by atoms with Gasteiger partial charge in [0, 0.05) is 38.7 Å². The topological polar surface area (TPSA) is 116 Å². The van der Waals surface area contributed by atoms with Crippen molar-refractivity contribution in [3.8, 4) is 0 Å². The number of H-pyrrole nitrogens is 1. The number of carbonyl (C=O) groups is 3. The molecule has 0 bridgehead atoms. The summed E-state index contributed by atoms with van der Waals surface area (Å²) in [7, 11) is 0. The Kier molecular flexibility index (Phi) is 10.7. The fourth-order valence-electron chi connectivity index (χ4n) is 6.10. The highest BCUT2D eigenvalue weighted by Crippen LogP contribution is 2.47. The number of hydrogen-bond acceptors (Lipinski definition) is 5. The van der Waals surface area contributed by atoms with Crippen LogP contribution in [0.4, 0.5) is 4.79 Å². The van der Waals surface area contributed by atoms with Crippen molar-refractivity contribution in [2.24, 2.45) is 11.3 Å². The third-order valence-electron chi connectivity index (χ3n) is 8.28. The number of esters is 1. The minimum Gasteiger partial charge on any atom is -0.466 e. The van der Waals surface area contributed by atoms with E-state index in [1.807, 2.05) is 6.92 Å². The van der Waals surface area contributed by atoms with Gasteiger partial charge in [0.05, 0.1) is 34.1 Å². The van der Waals surface area contributed by atoms with Crippen molar-refractivity contribution in [1.29, 1.82) is 0 Å². The number of hydrogen-bond donors (Lipinski definition) is 3. The maximum atomic E-state index is 13.8. The van der Waals surface area contributed by atoms with Crippen molar-refractivity contribution in [3.05, 3.63) is 52.0 Å². The average molecular weight is 593 g/mol. The third-order valence-corrected chi connectivity index (χ3v) is 9.02. The molecule has 2 heterocycles. The number of nitrogens with zero attached hydrogens (tertiary/aromatic N) is 2. The van der Waals surface area contributed by atoms with Crippen LogP contribution in [0, 0.1) is 11.3 Å². The second-order valence-electron chi connectivity index (χ2n) is 10.8. The van der Waals surface area contributed by atoms with Crippen LogP contribution >= 0.6 is 23.2 Å². The lowest BCUT2D eigenvalue weighted by atomic mass is 9.63. The third kappa shape index (κ3) is 7.49. The molecule has 11 heteroatoms. The number of imidazole rings is 1. The number of nitrogens with one attached hydrogen (secondary N) is 3. The van der Waals surface area contributed by atoms with Crippen LogP contribution in [-0.4, -0.2) is 65.1 Å². The molecule has 1 aromatic carbocycles. The minimum absolute atomic E-state index is 0.129. The van der Waals surface area contributed by atoms with Crippen LogP contribution in [0.15, 0.2) is 30.7 Å². The van der Waals surface area contributed by atoms with Crippen LogP contribution in [0.25, 0.3) is 0 Å². The first kappa shape index (κ1) is 30.2. The zero-order chi connectivity index (χ0) is 28.5. The predicted octanol–water partition coefficient (Wildman–Crippen LogP) is 4.92. The van der Waals surface area contributed by atoms with E-state index in [-0.39, 0.29) is 24.2 Å². The molecule has 4 rings (SSSR count). The Bertz CT molecular complexity index is 1150. The SMILES string of the molecule is CCOC(=O)C1(C2CCCCC2)CCN(C(=O)[C@@H](Cc2ccc(Cl)c(Cl)c2)NC(=O)NCCc2c[nH]cn2)CC1. The lowest BCUT2D eigenvalue weighted by Crippen LogP contribution is -2.56. The molecule has 1 aliphatic carbocycles. The molecule has 218 valence electrons. The van der Waals surface area contributed by atoms with E-state index in [1.54, 1.807) is 35.6 Å². The Morgan fingerprint density at radius 1 is 1.15 bits per heavy atom. The molecule has 9 nitrogen and oxygen atoms in total. The number of carbonyl (C=O) groups excluding carboxylic acids is 3. The van der Waals surface area contributed by atoms with Gasteiger partial charge in [0.2, 0.25) is 5.91 Å². The molecule has 0 spiro atoms. The highest BCUT2D eigenvalue weighted by molar-refractivity contribution is 6.42. The van der Waals surface area contributed by atoms with Crippen molar-refractivity contribution in [3.63, 3.8) is 0 Å². The van der Waals surface area contributed by atoms with E-state index in [1.165, 1.54) is 6.42 Å². The summed E-state index contributed by atoms with van der Waals surface area (Å²) in [6.45, 7) is 3.44. The number of benzene rings is 1. The second-order valence-corrected chi connectivity index (χ2v) is 11.6. The average Bonchev–Trinajstić information content (AvgIpc) is 3.48. The molecule has 1 aromatic heterocycles. The number of urea groups is 1. The van der Waals surface area contributed by atoms with Crippen molar-refractivity contribution in [1.82, 2.24) is 25.5 Å². The minimum atomic E-state index is -0.813. The fourth-order valence-corrected chi connectivity index (χ4v) is 6.42. The lowest BCUT2D eigenvalue weighted by molar-refractivity contribution is -0.166. The van der Waals surface area contributed by atoms with Gasteiger partial charge in [-0.25, -0.2) is 9.78 Å². The van der Waals surface area contributed by atoms with Crippen LogP contribution in [0.2, 0.25) is 10.0 Å². The Morgan fingerprint density at radius 3 is 2.55 bits per heavy atom. The van der Waals surface area contributed by atoms with Gasteiger partial charge in [-0.1, -0.05) is 48.5 Å². The number of amides is 3. The largest absolute Gasteiger partial charge is 0.466 e. The maximum absolute atomic E-state index is 13.8. The molecule has 2 aromatic rings.